The monoisotopic (exact) mass is 405 g/mol. The minimum Gasteiger partial charge on any atom is -0.493 e. The Morgan fingerprint density at radius 3 is 2.97 bits per heavy atom. The third-order valence-electron chi connectivity index (χ3n) is 4.97. The Labute approximate surface area is 171 Å². The summed E-state index contributed by atoms with van der Waals surface area (Å²) in [5.74, 6) is 2.28. The van der Waals surface area contributed by atoms with Gasteiger partial charge in [0.2, 0.25) is 0 Å². The molecule has 8 heteroatoms. The van der Waals surface area contributed by atoms with Crippen molar-refractivity contribution in [2.24, 2.45) is 0 Å². The van der Waals surface area contributed by atoms with Gasteiger partial charge in [-0.2, -0.15) is 0 Å². The molecule has 0 radical (unpaired) electrons. The molecule has 1 atom stereocenters. The molecule has 0 bridgehead atoms. The van der Waals surface area contributed by atoms with Crippen molar-refractivity contribution >= 4 is 33.1 Å². The van der Waals surface area contributed by atoms with Crippen LogP contribution in [0.1, 0.15) is 23.9 Å². The number of aryl methyl sites for hydroxylation is 1. The van der Waals surface area contributed by atoms with Gasteiger partial charge in [0.05, 0.1) is 39.8 Å². The van der Waals surface area contributed by atoms with Crippen LogP contribution in [0.15, 0.2) is 48.0 Å². The lowest BCUT2D eigenvalue weighted by molar-refractivity contribution is 0.274. The van der Waals surface area contributed by atoms with Crippen LogP contribution in [0.5, 0.6) is 5.75 Å². The summed E-state index contributed by atoms with van der Waals surface area (Å²) in [5.41, 5.74) is 8.56. The molecule has 29 heavy (non-hydrogen) atoms. The number of nitrogens with one attached hydrogen (secondary N) is 2. The predicted octanol–water partition coefficient (Wildman–Crippen LogP) is 4.80. The Balaban J connectivity index is 1.48. The van der Waals surface area contributed by atoms with E-state index < -0.39 is 0 Å². The molecule has 2 aromatic heterocycles. The van der Waals surface area contributed by atoms with Gasteiger partial charge in [-0.3, -0.25) is 10.7 Å². The third kappa shape index (κ3) is 3.48. The third-order valence-corrected chi connectivity index (χ3v) is 5.76. The molecule has 7 nitrogen and oxygen atoms in total. The fourth-order valence-corrected chi connectivity index (χ4v) is 4.31. The van der Waals surface area contributed by atoms with Crippen LogP contribution >= 0.6 is 11.3 Å². The molecule has 0 aliphatic carbocycles. The van der Waals surface area contributed by atoms with E-state index in [2.05, 4.69) is 31.8 Å². The predicted molar refractivity (Wildman–Crippen MR) is 114 cm³/mol. The summed E-state index contributed by atoms with van der Waals surface area (Å²) in [6.45, 7) is 2.52. The number of hydrogen-bond acceptors (Lipinski definition) is 8. The van der Waals surface area contributed by atoms with E-state index in [4.69, 9.17) is 4.74 Å². The molecule has 4 aromatic rings. The minimum atomic E-state index is 0.0261. The van der Waals surface area contributed by atoms with Crippen molar-refractivity contribution in [3.05, 3.63) is 59.4 Å². The van der Waals surface area contributed by atoms with Crippen molar-refractivity contribution in [1.82, 2.24) is 15.0 Å². The summed E-state index contributed by atoms with van der Waals surface area (Å²) in [6.07, 6.45) is 0.799. The molecule has 0 spiro atoms. The number of rotatable bonds is 4. The van der Waals surface area contributed by atoms with Gasteiger partial charge < -0.3 is 10.1 Å². The first-order chi connectivity index (χ1) is 14.2. The van der Waals surface area contributed by atoms with Crippen molar-refractivity contribution in [2.75, 3.05) is 17.4 Å². The second kappa shape index (κ2) is 7.31. The van der Waals surface area contributed by atoms with Gasteiger partial charge in [0.15, 0.2) is 0 Å². The summed E-state index contributed by atoms with van der Waals surface area (Å²) in [5, 5.41) is 12.8. The molecule has 3 heterocycles. The van der Waals surface area contributed by atoms with Crippen LogP contribution in [0, 0.1) is 6.92 Å². The van der Waals surface area contributed by atoms with E-state index in [9.17, 15) is 5.21 Å². The first-order valence-corrected chi connectivity index (χ1v) is 10.2. The normalized spacial score (nSPS) is 15.6. The second-order valence-electron chi connectivity index (χ2n) is 6.92. The largest absolute Gasteiger partial charge is 0.493 e. The highest BCUT2D eigenvalue weighted by molar-refractivity contribution is 7.16. The van der Waals surface area contributed by atoms with Crippen molar-refractivity contribution in [3.8, 4) is 17.0 Å². The van der Waals surface area contributed by atoms with Gasteiger partial charge in [-0.05, 0) is 37.3 Å². The number of thiazole rings is 1. The summed E-state index contributed by atoms with van der Waals surface area (Å²) >= 11 is 1.62. The van der Waals surface area contributed by atoms with E-state index in [1.807, 2.05) is 42.8 Å². The topological polar surface area (TPSA) is 92.2 Å². The van der Waals surface area contributed by atoms with Crippen LogP contribution < -0.4 is 15.5 Å². The van der Waals surface area contributed by atoms with Crippen LogP contribution in [-0.4, -0.2) is 26.8 Å². The number of aromatic nitrogens is 3. The quantitative estimate of drug-likeness (QED) is 0.420. The molecular weight excluding hydrogens is 386 g/mol. The fraction of sp³-hybridized carbons (Fsp3) is 0.190. The molecule has 0 saturated carbocycles. The molecule has 2 aromatic carbocycles. The second-order valence-corrected chi connectivity index (χ2v) is 7.81. The van der Waals surface area contributed by atoms with Gasteiger partial charge >= 0.3 is 0 Å². The standard InChI is InChI=1S/C21H19N5O2S/c1-12-23-18(13-2-4-17-20(8-13)29-11-22-17)10-21(24-12)25-16-6-7-28-19-5-3-14(26-27)9-15(16)19/h2-5,8-11,16,26-27H,6-7H2,1H3,(H,23,24,25). The van der Waals surface area contributed by atoms with Crippen LogP contribution in [0.2, 0.25) is 0 Å². The number of ether oxygens (including phenoxy) is 1. The number of hydrogen-bond donors (Lipinski definition) is 3. The van der Waals surface area contributed by atoms with E-state index in [0.29, 0.717) is 18.1 Å². The lowest BCUT2D eigenvalue weighted by Crippen LogP contribution is -2.21. The average molecular weight is 405 g/mol. The maximum absolute atomic E-state index is 9.24. The fourth-order valence-electron chi connectivity index (χ4n) is 3.60. The van der Waals surface area contributed by atoms with Gasteiger partial charge in [0.25, 0.3) is 0 Å². The minimum absolute atomic E-state index is 0.0261. The molecule has 3 N–H and O–H groups in total. The highest BCUT2D eigenvalue weighted by Gasteiger charge is 2.22. The van der Waals surface area contributed by atoms with Gasteiger partial charge in [0.1, 0.15) is 17.4 Å². The smallest absolute Gasteiger partial charge is 0.130 e. The Hall–Kier alpha value is -3.23. The molecule has 0 saturated heterocycles. The Morgan fingerprint density at radius 2 is 2.07 bits per heavy atom. The van der Waals surface area contributed by atoms with Crippen molar-refractivity contribution < 1.29 is 9.94 Å². The molecule has 5 rings (SSSR count). The summed E-state index contributed by atoms with van der Waals surface area (Å²) in [4.78, 5) is 13.5. The highest BCUT2D eigenvalue weighted by Crippen LogP contribution is 2.36. The lowest BCUT2D eigenvalue weighted by atomic mass is 10.00. The number of benzene rings is 2. The van der Waals surface area contributed by atoms with Gasteiger partial charge in [-0.1, -0.05) is 6.07 Å². The summed E-state index contributed by atoms with van der Waals surface area (Å²) in [6, 6.07) is 13.7. The van der Waals surface area contributed by atoms with Gasteiger partial charge in [-0.25, -0.2) is 15.0 Å². The number of fused-ring (bicyclic) bond motifs is 2. The van der Waals surface area contributed by atoms with E-state index in [-0.39, 0.29) is 6.04 Å². The number of anilines is 2. The van der Waals surface area contributed by atoms with E-state index in [0.717, 1.165) is 45.0 Å². The van der Waals surface area contributed by atoms with Gasteiger partial charge in [0, 0.05) is 23.6 Å². The van der Waals surface area contributed by atoms with E-state index >= 15 is 0 Å². The SMILES string of the molecule is Cc1nc(NC2CCOc3ccc(NO)cc32)cc(-c2ccc3ncsc3c2)n1. The Morgan fingerprint density at radius 1 is 1.14 bits per heavy atom. The molecule has 1 aliphatic heterocycles. The van der Waals surface area contributed by atoms with E-state index in [1.54, 1.807) is 17.4 Å². The van der Waals surface area contributed by atoms with E-state index in [1.165, 1.54) is 0 Å². The summed E-state index contributed by atoms with van der Waals surface area (Å²) < 4.78 is 6.89. The molecule has 1 unspecified atom stereocenters. The average Bonchev–Trinajstić information content (AvgIpc) is 3.21. The maximum Gasteiger partial charge on any atom is 0.130 e. The highest BCUT2D eigenvalue weighted by atomic mass is 32.1. The molecule has 1 aliphatic rings. The molecule has 146 valence electrons. The molecule has 0 amide bonds. The molecular formula is C21H19N5O2S. The maximum atomic E-state index is 9.24. The van der Waals surface area contributed by atoms with Crippen molar-refractivity contribution in [3.63, 3.8) is 0 Å². The zero-order valence-corrected chi connectivity index (χ0v) is 16.5. The number of nitrogens with zero attached hydrogens (tertiary/aromatic N) is 3. The lowest BCUT2D eigenvalue weighted by Gasteiger charge is -2.27. The first-order valence-electron chi connectivity index (χ1n) is 9.32. The van der Waals surface area contributed by atoms with Crippen LogP contribution in [-0.2, 0) is 0 Å². The zero-order chi connectivity index (χ0) is 19.8. The Kier molecular flexibility index (Phi) is 4.49. The Bertz CT molecular complexity index is 1190. The summed E-state index contributed by atoms with van der Waals surface area (Å²) in [7, 11) is 0. The van der Waals surface area contributed by atoms with Crippen molar-refractivity contribution in [1.29, 1.82) is 0 Å². The van der Waals surface area contributed by atoms with Crippen LogP contribution in [0.3, 0.4) is 0 Å². The van der Waals surface area contributed by atoms with Crippen LogP contribution in [0.25, 0.3) is 21.5 Å². The van der Waals surface area contributed by atoms with Crippen LogP contribution in [0.4, 0.5) is 11.5 Å². The molecule has 0 fully saturated rings. The van der Waals surface area contributed by atoms with Crippen molar-refractivity contribution in [2.45, 2.75) is 19.4 Å². The zero-order valence-electron chi connectivity index (χ0n) is 15.7. The first kappa shape index (κ1) is 17.8. The van der Waals surface area contributed by atoms with Gasteiger partial charge in [-0.15, -0.1) is 11.3 Å².